The van der Waals surface area contributed by atoms with Gasteiger partial charge in [-0.05, 0) is 11.1 Å². The zero-order chi connectivity index (χ0) is 16.4. The van der Waals surface area contributed by atoms with E-state index in [1.165, 1.54) is 0 Å². The minimum absolute atomic E-state index is 0.0720. The lowest BCUT2D eigenvalue weighted by Crippen LogP contribution is -2.23. The molecule has 0 fully saturated rings. The van der Waals surface area contributed by atoms with Gasteiger partial charge in [0.15, 0.2) is 11.2 Å². The molecule has 0 aliphatic rings. The van der Waals surface area contributed by atoms with Crippen molar-refractivity contribution in [2.45, 2.75) is 13.1 Å². The van der Waals surface area contributed by atoms with E-state index in [9.17, 15) is 4.79 Å². The Balaban J connectivity index is 1.75. The van der Waals surface area contributed by atoms with Gasteiger partial charge in [0, 0.05) is 6.54 Å². The van der Waals surface area contributed by atoms with Crippen molar-refractivity contribution in [1.29, 1.82) is 0 Å². The number of nitrogens with zero attached hydrogens (tertiary/aromatic N) is 4. The number of fused-ring (bicyclic) bond motifs is 1. The zero-order valence-corrected chi connectivity index (χ0v) is 13.0. The van der Waals surface area contributed by atoms with Crippen molar-refractivity contribution < 1.29 is 0 Å². The van der Waals surface area contributed by atoms with Gasteiger partial charge in [0.2, 0.25) is 0 Å². The van der Waals surface area contributed by atoms with Crippen LogP contribution in [0.15, 0.2) is 78.1 Å². The van der Waals surface area contributed by atoms with Gasteiger partial charge >= 0.3 is 0 Å². The van der Waals surface area contributed by atoms with E-state index in [0.717, 1.165) is 11.1 Å². The summed E-state index contributed by atoms with van der Waals surface area (Å²) in [4.78, 5) is 21.5. The SMILES string of the molecule is O=c1c2c(ncn1Cc1ccccc1)ncn2Cc1ccccc1. The largest absolute Gasteiger partial charge is 0.320 e. The number of aromatic nitrogens is 4. The van der Waals surface area contributed by atoms with Crippen LogP contribution < -0.4 is 5.56 Å². The van der Waals surface area contributed by atoms with Crippen molar-refractivity contribution >= 4 is 11.2 Å². The average Bonchev–Trinajstić information content (AvgIpc) is 3.03. The van der Waals surface area contributed by atoms with Crippen LogP contribution in [-0.2, 0) is 13.1 Å². The molecule has 0 aliphatic carbocycles. The number of rotatable bonds is 4. The lowest BCUT2D eigenvalue weighted by atomic mass is 10.2. The van der Waals surface area contributed by atoms with Gasteiger partial charge in [0.25, 0.3) is 5.56 Å². The lowest BCUT2D eigenvalue weighted by molar-refractivity contribution is 0.735. The maximum Gasteiger partial charge on any atom is 0.279 e. The second-order valence-corrected chi connectivity index (χ2v) is 5.69. The molecule has 0 spiro atoms. The van der Waals surface area contributed by atoms with Crippen LogP contribution in [0.2, 0.25) is 0 Å². The van der Waals surface area contributed by atoms with Gasteiger partial charge in [-0.1, -0.05) is 60.7 Å². The summed E-state index contributed by atoms with van der Waals surface area (Å²) in [6.45, 7) is 1.10. The molecule has 0 aliphatic heterocycles. The van der Waals surface area contributed by atoms with E-state index >= 15 is 0 Å². The second kappa shape index (κ2) is 6.12. The van der Waals surface area contributed by atoms with Crippen LogP contribution >= 0.6 is 0 Å². The molecule has 24 heavy (non-hydrogen) atoms. The Morgan fingerprint density at radius 2 is 1.21 bits per heavy atom. The van der Waals surface area contributed by atoms with Crippen molar-refractivity contribution in [3.63, 3.8) is 0 Å². The van der Waals surface area contributed by atoms with Crippen molar-refractivity contribution in [1.82, 2.24) is 19.1 Å². The van der Waals surface area contributed by atoms with Gasteiger partial charge in [-0.25, -0.2) is 9.97 Å². The van der Waals surface area contributed by atoms with E-state index in [1.807, 2.05) is 65.2 Å². The summed E-state index contributed by atoms with van der Waals surface area (Å²) >= 11 is 0. The highest BCUT2D eigenvalue weighted by molar-refractivity contribution is 5.69. The highest BCUT2D eigenvalue weighted by atomic mass is 16.1. The molecule has 0 amide bonds. The molecule has 0 bridgehead atoms. The molecule has 5 heteroatoms. The van der Waals surface area contributed by atoms with Crippen molar-refractivity contribution in [3.8, 4) is 0 Å². The Labute approximate surface area is 138 Å². The first kappa shape index (κ1) is 14.4. The topological polar surface area (TPSA) is 52.7 Å². The molecule has 5 nitrogen and oxygen atoms in total. The minimum Gasteiger partial charge on any atom is -0.320 e. The fraction of sp³-hybridized carbons (Fsp3) is 0.105. The van der Waals surface area contributed by atoms with E-state index in [0.29, 0.717) is 24.3 Å². The number of hydrogen-bond donors (Lipinski definition) is 0. The van der Waals surface area contributed by atoms with E-state index < -0.39 is 0 Å². The molecule has 4 rings (SSSR count). The predicted molar refractivity (Wildman–Crippen MR) is 92.9 cm³/mol. The summed E-state index contributed by atoms with van der Waals surface area (Å²) in [6.07, 6.45) is 3.25. The third-order valence-electron chi connectivity index (χ3n) is 3.99. The van der Waals surface area contributed by atoms with Crippen molar-refractivity contribution in [3.05, 3.63) is 94.8 Å². The van der Waals surface area contributed by atoms with E-state index in [4.69, 9.17) is 0 Å². The van der Waals surface area contributed by atoms with Gasteiger partial charge in [-0.15, -0.1) is 0 Å². The van der Waals surface area contributed by atoms with E-state index in [2.05, 4.69) is 9.97 Å². The molecule has 0 saturated carbocycles. The molecular weight excluding hydrogens is 300 g/mol. The molecule has 2 aromatic heterocycles. The Morgan fingerprint density at radius 3 is 1.79 bits per heavy atom. The molecule has 2 aromatic carbocycles. The molecule has 118 valence electrons. The van der Waals surface area contributed by atoms with Crippen LogP contribution in [0, 0.1) is 0 Å². The predicted octanol–water partition coefficient (Wildman–Crippen LogP) is 2.69. The summed E-state index contributed by atoms with van der Waals surface area (Å²) in [5.41, 5.74) is 3.14. The highest BCUT2D eigenvalue weighted by Gasteiger charge is 2.11. The molecule has 0 unspecified atom stereocenters. The van der Waals surface area contributed by atoms with Gasteiger partial charge in [0.05, 0.1) is 12.9 Å². The highest BCUT2D eigenvalue weighted by Crippen LogP contribution is 2.09. The minimum atomic E-state index is -0.0720. The maximum absolute atomic E-state index is 12.9. The first-order chi connectivity index (χ1) is 11.8. The summed E-state index contributed by atoms with van der Waals surface area (Å²) in [5.74, 6) is 0. The van der Waals surface area contributed by atoms with Crippen LogP contribution in [0.4, 0.5) is 0 Å². The van der Waals surface area contributed by atoms with Gasteiger partial charge in [-0.3, -0.25) is 9.36 Å². The standard InChI is InChI=1S/C19H16N4O/c24-19-17-18(20-13-22(17)11-15-7-3-1-4-8-15)21-14-23(19)12-16-9-5-2-6-10-16/h1-10,13-14H,11-12H2. The van der Waals surface area contributed by atoms with Crippen molar-refractivity contribution in [2.24, 2.45) is 0 Å². The summed E-state index contributed by atoms with van der Waals surface area (Å²) in [7, 11) is 0. The molecule has 0 radical (unpaired) electrons. The van der Waals surface area contributed by atoms with Crippen LogP contribution in [-0.4, -0.2) is 19.1 Å². The van der Waals surface area contributed by atoms with Gasteiger partial charge in [-0.2, -0.15) is 0 Å². The average molecular weight is 316 g/mol. The number of benzene rings is 2. The number of imidazole rings is 1. The lowest BCUT2D eigenvalue weighted by Gasteiger charge is -2.07. The summed E-state index contributed by atoms with van der Waals surface area (Å²) in [6, 6.07) is 19.9. The Bertz CT molecular complexity index is 1020. The smallest absolute Gasteiger partial charge is 0.279 e. The molecule has 0 saturated heterocycles. The zero-order valence-electron chi connectivity index (χ0n) is 13.0. The Hall–Kier alpha value is -3.21. The normalized spacial score (nSPS) is 11.0. The van der Waals surface area contributed by atoms with Crippen LogP contribution in [0.5, 0.6) is 0 Å². The van der Waals surface area contributed by atoms with E-state index in [-0.39, 0.29) is 5.56 Å². The summed E-state index contributed by atoms with van der Waals surface area (Å²) in [5, 5.41) is 0. The van der Waals surface area contributed by atoms with Gasteiger partial charge < -0.3 is 4.57 Å². The number of hydrogen-bond acceptors (Lipinski definition) is 3. The molecule has 0 N–H and O–H groups in total. The third kappa shape index (κ3) is 2.72. The van der Waals surface area contributed by atoms with Crippen molar-refractivity contribution in [2.75, 3.05) is 0 Å². The second-order valence-electron chi connectivity index (χ2n) is 5.69. The Kier molecular flexibility index (Phi) is 3.67. The molecular formula is C19H16N4O. The van der Waals surface area contributed by atoms with Gasteiger partial charge in [0.1, 0.15) is 6.33 Å². The maximum atomic E-state index is 12.9. The molecule has 2 heterocycles. The monoisotopic (exact) mass is 316 g/mol. The first-order valence-corrected chi connectivity index (χ1v) is 7.79. The fourth-order valence-electron chi connectivity index (χ4n) is 2.79. The van der Waals surface area contributed by atoms with Crippen LogP contribution in [0.3, 0.4) is 0 Å². The quantitative estimate of drug-likeness (QED) is 0.582. The molecule has 4 aromatic rings. The first-order valence-electron chi connectivity index (χ1n) is 7.79. The van der Waals surface area contributed by atoms with Crippen LogP contribution in [0.25, 0.3) is 11.2 Å². The third-order valence-corrected chi connectivity index (χ3v) is 3.99. The molecule has 0 atom stereocenters. The van der Waals surface area contributed by atoms with Crippen LogP contribution in [0.1, 0.15) is 11.1 Å². The Morgan fingerprint density at radius 1 is 0.708 bits per heavy atom. The van der Waals surface area contributed by atoms with E-state index in [1.54, 1.807) is 17.2 Å². The summed E-state index contributed by atoms with van der Waals surface area (Å²) < 4.78 is 3.49. The fourth-order valence-corrected chi connectivity index (χ4v) is 2.79.